The summed E-state index contributed by atoms with van der Waals surface area (Å²) < 4.78 is 1.93. The van der Waals surface area contributed by atoms with Crippen LogP contribution in [0.2, 0.25) is 5.02 Å². The van der Waals surface area contributed by atoms with Crippen LogP contribution in [0, 0.1) is 5.92 Å². The van der Waals surface area contributed by atoms with Gasteiger partial charge in [0.15, 0.2) is 0 Å². The Hall–Kier alpha value is -1.50. The lowest BCUT2D eigenvalue weighted by molar-refractivity contribution is 0.265. The molecule has 2 saturated carbocycles. The summed E-state index contributed by atoms with van der Waals surface area (Å²) in [6.45, 7) is 0. The zero-order valence-corrected chi connectivity index (χ0v) is 15.3. The van der Waals surface area contributed by atoms with Gasteiger partial charge in [-0.25, -0.2) is 9.97 Å². The molecule has 0 radical (unpaired) electrons. The van der Waals surface area contributed by atoms with Crippen molar-refractivity contribution in [3.63, 3.8) is 0 Å². The molecule has 0 unspecified atom stereocenters. The van der Waals surface area contributed by atoms with Gasteiger partial charge in [0.05, 0.1) is 22.5 Å². The highest BCUT2D eigenvalue weighted by molar-refractivity contribution is 6.32. The minimum Gasteiger partial charge on any atom is -0.328 e. The molecule has 0 atom stereocenters. The van der Waals surface area contributed by atoms with Crippen LogP contribution >= 0.6 is 11.6 Å². The Morgan fingerprint density at radius 2 is 1.96 bits per heavy atom. The van der Waals surface area contributed by atoms with Crippen LogP contribution in [0.15, 0.2) is 12.4 Å². The van der Waals surface area contributed by atoms with Crippen LogP contribution in [0.5, 0.6) is 0 Å². The number of aryl methyl sites for hydroxylation is 1. The first kappa shape index (κ1) is 16.9. The molecule has 2 aliphatic rings. The van der Waals surface area contributed by atoms with E-state index in [4.69, 9.17) is 28.1 Å². The molecule has 0 saturated heterocycles. The number of aromatic nitrogens is 4. The molecule has 6 nitrogen and oxygen atoms in total. The Balaban J connectivity index is 1.71. The van der Waals surface area contributed by atoms with Crippen molar-refractivity contribution in [3.8, 4) is 11.3 Å². The largest absolute Gasteiger partial charge is 0.328 e. The van der Waals surface area contributed by atoms with E-state index in [2.05, 4.69) is 10.1 Å². The van der Waals surface area contributed by atoms with E-state index in [1.165, 1.54) is 18.5 Å². The lowest BCUT2D eigenvalue weighted by Gasteiger charge is -2.34. The average molecular weight is 361 g/mol. The van der Waals surface area contributed by atoms with Crippen molar-refractivity contribution in [1.29, 1.82) is 0 Å². The Kier molecular flexibility index (Phi) is 4.30. The second-order valence-electron chi connectivity index (χ2n) is 7.66. The highest BCUT2D eigenvalue weighted by Gasteiger charge is 2.35. The fourth-order valence-electron chi connectivity index (χ4n) is 3.67. The van der Waals surface area contributed by atoms with E-state index in [9.17, 15) is 0 Å². The highest BCUT2D eigenvalue weighted by Crippen LogP contribution is 2.38. The van der Waals surface area contributed by atoms with Gasteiger partial charge in [-0.3, -0.25) is 4.68 Å². The summed E-state index contributed by atoms with van der Waals surface area (Å²) in [6, 6.07) is 0.229. The molecule has 4 rings (SSSR count). The molecule has 4 N–H and O–H groups in total. The number of nitrogens with zero attached hydrogens (tertiary/aromatic N) is 4. The van der Waals surface area contributed by atoms with Crippen molar-refractivity contribution in [1.82, 2.24) is 19.7 Å². The molecule has 0 amide bonds. The maximum Gasteiger partial charge on any atom is 0.148 e. The summed E-state index contributed by atoms with van der Waals surface area (Å²) in [5, 5.41) is 4.98. The Morgan fingerprint density at radius 3 is 2.64 bits per heavy atom. The van der Waals surface area contributed by atoms with E-state index in [1.54, 1.807) is 6.20 Å². The zero-order valence-electron chi connectivity index (χ0n) is 14.6. The maximum absolute atomic E-state index is 6.63. The quantitative estimate of drug-likeness (QED) is 0.873. The maximum atomic E-state index is 6.63. The van der Waals surface area contributed by atoms with Gasteiger partial charge in [-0.05, 0) is 50.9 Å². The van der Waals surface area contributed by atoms with Gasteiger partial charge in [0.2, 0.25) is 0 Å². The lowest BCUT2D eigenvalue weighted by Crippen LogP contribution is -2.45. The standard InChI is InChI=1S/C18H25ClN6/c1-25-15(8-11-2-3-11)13(9-23-25)16-14(19)10-22-17(24-16)18(21)6-4-12(20)5-7-18/h9-12H,2-8,20-21H2,1H3. The predicted octanol–water partition coefficient (Wildman–Crippen LogP) is 2.54. The highest BCUT2D eigenvalue weighted by atomic mass is 35.5. The Labute approximate surface area is 153 Å². The van der Waals surface area contributed by atoms with Crippen LogP contribution in [0.1, 0.15) is 50.0 Å². The van der Waals surface area contributed by atoms with Crippen molar-refractivity contribution in [2.75, 3.05) is 0 Å². The summed E-state index contributed by atoms with van der Waals surface area (Å²) in [5.41, 5.74) is 15.1. The van der Waals surface area contributed by atoms with Gasteiger partial charge in [-0.15, -0.1) is 0 Å². The van der Waals surface area contributed by atoms with Crippen molar-refractivity contribution in [2.24, 2.45) is 24.4 Å². The van der Waals surface area contributed by atoms with Crippen molar-refractivity contribution in [2.45, 2.75) is 56.5 Å². The summed E-state index contributed by atoms with van der Waals surface area (Å²) >= 11 is 6.45. The van der Waals surface area contributed by atoms with E-state index >= 15 is 0 Å². The molecule has 2 aliphatic carbocycles. The number of nitrogens with two attached hydrogens (primary N) is 2. The van der Waals surface area contributed by atoms with E-state index < -0.39 is 5.54 Å². The average Bonchev–Trinajstić information content (AvgIpc) is 3.35. The molecule has 0 aromatic carbocycles. The minimum atomic E-state index is -0.520. The number of rotatable bonds is 4. The van der Waals surface area contributed by atoms with E-state index in [1.807, 2.05) is 17.9 Å². The third kappa shape index (κ3) is 3.30. The topological polar surface area (TPSA) is 95.6 Å². The van der Waals surface area contributed by atoms with Gasteiger partial charge in [-0.2, -0.15) is 5.10 Å². The van der Waals surface area contributed by atoms with Crippen molar-refractivity contribution >= 4 is 11.6 Å². The predicted molar refractivity (Wildman–Crippen MR) is 98.0 cm³/mol. The fraction of sp³-hybridized carbons (Fsp3) is 0.611. The second kappa shape index (κ2) is 6.34. The van der Waals surface area contributed by atoms with Gasteiger partial charge in [-0.1, -0.05) is 11.6 Å². The van der Waals surface area contributed by atoms with Gasteiger partial charge >= 0.3 is 0 Å². The van der Waals surface area contributed by atoms with Crippen LogP contribution < -0.4 is 11.5 Å². The fourth-order valence-corrected chi connectivity index (χ4v) is 3.87. The number of halogens is 1. The zero-order chi connectivity index (χ0) is 17.6. The first-order valence-corrected chi connectivity index (χ1v) is 9.43. The monoisotopic (exact) mass is 360 g/mol. The lowest BCUT2D eigenvalue weighted by atomic mass is 9.80. The summed E-state index contributed by atoms with van der Waals surface area (Å²) in [6.07, 6.45) is 10.5. The van der Waals surface area contributed by atoms with Crippen molar-refractivity contribution in [3.05, 3.63) is 28.9 Å². The van der Waals surface area contributed by atoms with E-state index in [0.29, 0.717) is 10.8 Å². The molecular weight excluding hydrogens is 336 g/mol. The van der Waals surface area contributed by atoms with E-state index in [0.717, 1.165) is 49.3 Å². The molecule has 134 valence electrons. The molecular formula is C18H25ClN6. The SMILES string of the molecule is Cn1ncc(-c2nc(C3(N)CCC(N)CC3)ncc2Cl)c1CC1CC1. The molecule has 2 aromatic heterocycles. The van der Waals surface area contributed by atoms with Crippen LogP contribution in [-0.4, -0.2) is 25.8 Å². The van der Waals surface area contributed by atoms with Gasteiger partial charge in [0, 0.05) is 30.5 Å². The van der Waals surface area contributed by atoms with Crippen LogP contribution in [0.4, 0.5) is 0 Å². The summed E-state index contributed by atoms with van der Waals surface area (Å²) in [5.74, 6) is 1.43. The molecule has 0 aliphatic heterocycles. The first-order chi connectivity index (χ1) is 12.0. The van der Waals surface area contributed by atoms with Crippen LogP contribution in [0.3, 0.4) is 0 Å². The van der Waals surface area contributed by atoms with E-state index in [-0.39, 0.29) is 6.04 Å². The molecule has 2 aromatic rings. The summed E-state index contributed by atoms with van der Waals surface area (Å²) in [7, 11) is 1.98. The van der Waals surface area contributed by atoms with Crippen LogP contribution in [0.25, 0.3) is 11.3 Å². The second-order valence-corrected chi connectivity index (χ2v) is 8.07. The smallest absolute Gasteiger partial charge is 0.148 e. The molecule has 2 fully saturated rings. The van der Waals surface area contributed by atoms with Crippen LogP contribution in [-0.2, 0) is 19.0 Å². The minimum absolute atomic E-state index is 0.229. The number of hydrogen-bond donors (Lipinski definition) is 2. The van der Waals surface area contributed by atoms with Crippen molar-refractivity contribution < 1.29 is 0 Å². The molecule has 0 bridgehead atoms. The third-order valence-electron chi connectivity index (χ3n) is 5.61. The first-order valence-electron chi connectivity index (χ1n) is 9.05. The number of hydrogen-bond acceptors (Lipinski definition) is 5. The van der Waals surface area contributed by atoms with Gasteiger partial charge in [0.1, 0.15) is 5.82 Å². The molecule has 25 heavy (non-hydrogen) atoms. The Morgan fingerprint density at radius 1 is 1.24 bits per heavy atom. The molecule has 2 heterocycles. The van der Waals surface area contributed by atoms with Gasteiger partial charge < -0.3 is 11.5 Å². The molecule has 7 heteroatoms. The molecule has 0 spiro atoms. The third-order valence-corrected chi connectivity index (χ3v) is 5.88. The van der Waals surface area contributed by atoms with Gasteiger partial charge in [0.25, 0.3) is 0 Å². The normalized spacial score (nSPS) is 26.8. The summed E-state index contributed by atoms with van der Waals surface area (Å²) in [4.78, 5) is 9.26. The Bertz CT molecular complexity index is 774.